The van der Waals surface area contributed by atoms with E-state index in [0.717, 1.165) is 17.1 Å². The molecule has 148 valence electrons. The molecule has 0 saturated heterocycles. The highest BCUT2D eigenvalue weighted by Crippen LogP contribution is 2.32. The zero-order valence-electron chi connectivity index (χ0n) is 17.2. The van der Waals surface area contributed by atoms with Crippen LogP contribution in [0.25, 0.3) is 16.8 Å². The van der Waals surface area contributed by atoms with Crippen molar-refractivity contribution in [2.24, 2.45) is 0 Å². The molecule has 0 spiro atoms. The molecule has 1 unspecified atom stereocenters. The number of nitriles is 1. The van der Waals surface area contributed by atoms with Crippen molar-refractivity contribution in [3.8, 4) is 22.9 Å². The molecule has 0 aliphatic carbocycles. The molecule has 4 aromatic rings. The first-order chi connectivity index (χ1) is 14.5. The third kappa shape index (κ3) is 3.63. The number of benzene rings is 3. The summed E-state index contributed by atoms with van der Waals surface area (Å²) in [6.45, 7) is 6.33. The van der Waals surface area contributed by atoms with Gasteiger partial charge in [-0.3, -0.25) is 0 Å². The van der Waals surface area contributed by atoms with Crippen LogP contribution in [0, 0.1) is 25.2 Å². The van der Waals surface area contributed by atoms with E-state index in [1.54, 1.807) is 12.1 Å². The molecular weight excluding hydrogens is 390 g/mol. The average molecular weight is 412 g/mol. The number of hydrogen-bond acceptors (Lipinski definition) is 2. The van der Waals surface area contributed by atoms with Crippen LogP contribution in [0.2, 0.25) is 5.02 Å². The van der Waals surface area contributed by atoms with E-state index < -0.39 is 0 Å². The summed E-state index contributed by atoms with van der Waals surface area (Å²) in [5.41, 5.74) is 8.28. The van der Waals surface area contributed by atoms with E-state index in [0.29, 0.717) is 10.6 Å². The van der Waals surface area contributed by atoms with E-state index in [1.807, 2.05) is 23.7 Å². The van der Waals surface area contributed by atoms with Gasteiger partial charge in [0.25, 0.3) is 0 Å². The molecule has 3 nitrogen and oxygen atoms in total. The Balaban J connectivity index is 1.68. The van der Waals surface area contributed by atoms with E-state index in [1.165, 1.54) is 22.3 Å². The molecule has 1 aromatic heterocycles. The summed E-state index contributed by atoms with van der Waals surface area (Å²) >= 11 is 6.24. The Morgan fingerprint density at radius 2 is 1.60 bits per heavy atom. The Morgan fingerprint density at radius 1 is 0.933 bits per heavy atom. The highest BCUT2D eigenvalue weighted by Gasteiger charge is 2.20. The largest absolute Gasteiger partial charge is 0.237 e. The lowest BCUT2D eigenvalue weighted by Crippen LogP contribution is -2.02. The van der Waals surface area contributed by atoms with E-state index in [9.17, 15) is 0 Å². The summed E-state index contributed by atoms with van der Waals surface area (Å²) < 4.78 is 1.91. The minimum atomic E-state index is 0.206. The fourth-order valence-corrected chi connectivity index (χ4v) is 4.24. The summed E-state index contributed by atoms with van der Waals surface area (Å²) in [6.07, 6.45) is 0. The maximum absolute atomic E-state index is 9.12. The number of hydrogen-bond donors (Lipinski definition) is 0. The second-order valence-electron chi connectivity index (χ2n) is 7.48. The van der Waals surface area contributed by atoms with Gasteiger partial charge >= 0.3 is 0 Å². The topological polar surface area (TPSA) is 41.6 Å². The van der Waals surface area contributed by atoms with Crippen LogP contribution in [0.15, 0.2) is 72.8 Å². The molecule has 0 amide bonds. The molecule has 1 heterocycles. The van der Waals surface area contributed by atoms with Crippen LogP contribution in [-0.4, -0.2) is 9.78 Å². The van der Waals surface area contributed by atoms with Gasteiger partial charge in [-0.2, -0.15) is 10.4 Å². The van der Waals surface area contributed by atoms with Crippen LogP contribution in [-0.2, 0) is 0 Å². The van der Waals surface area contributed by atoms with Gasteiger partial charge in [0, 0.05) is 17.2 Å². The Bertz CT molecular complexity index is 1230. The highest BCUT2D eigenvalue weighted by atomic mass is 35.5. The van der Waals surface area contributed by atoms with Crippen molar-refractivity contribution in [3.63, 3.8) is 0 Å². The first-order valence-corrected chi connectivity index (χ1v) is 10.3. The lowest BCUT2D eigenvalue weighted by atomic mass is 9.90. The fraction of sp³-hybridized carbons (Fsp3) is 0.154. The summed E-state index contributed by atoms with van der Waals surface area (Å²) in [7, 11) is 0. The zero-order valence-corrected chi connectivity index (χ0v) is 18.0. The van der Waals surface area contributed by atoms with Gasteiger partial charge in [-0.05, 0) is 48.7 Å². The first-order valence-electron chi connectivity index (χ1n) is 9.91. The van der Waals surface area contributed by atoms with Crippen LogP contribution in [0.5, 0.6) is 0 Å². The molecule has 0 radical (unpaired) electrons. The van der Waals surface area contributed by atoms with Crippen LogP contribution < -0.4 is 0 Å². The van der Waals surface area contributed by atoms with Gasteiger partial charge < -0.3 is 0 Å². The second-order valence-corrected chi connectivity index (χ2v) is 7.89. The molecule has 0 N–H and O–H groups in total. The second kappa shape index (κ2) is 8.18. The summed E-state index contributed by atoms with van der Waals surface area (Å²) in [5, 5.41) is 14.3. The quantitative estimate of drug-likeness (QED) is 0.369. The van der Waals surface area contributed by atoms with Gasteiger partial charge in [0.15, 0.2) is 0 Å². The van der Waals surface area contributed by atoms with Gasteiger partial charge in [-0.25, -0.2) is 4.68 Å². The number of aryl methyl sites for hydroxylation is 1. The van der Waals surface area contributed by atoms with Gasteiger partial charge in [-0.1, -0.05) is 73.1 Å². The minimum Gasteiger partial charge on any atom is -0.237 e. The molecule has 1 atom stereocenters. The SMILES string of the molecule is Cc1nn(-c2ccc(C#N)c(Cl)c2)c(C)c1C(C)c1ccc(-c2ccccc2)cc1. The molecule has 30 heavy (non-hydrogen) atoms. The van der Waals surface area contributed by atoms with Crippen molar-refractivity contribution >= 4 is 11.6 Å². The fourth-order valence-electron chi connectivity index (χ4n) is 4.02. The van der Waals surface area contributed by atoms with Gasteiger partial charge in [-0.15, -0.1) is 0 Å². The zero-order chi connectivity index (χ0) is 21.3. The van der Waals surface area contributed by atoms with E-state index in [2.05, 4.69) is 68.4 Å². The van der Waals surface area contributed by atoms with Crippen LogP contribution in [0.1, 0.15) is 40.9 Å². The van der Waals surface area contributed by atoms with Crippen LogP contribution >= 0.6 is 11.6 Å². The number of nitrogens with zero attached hydrogens (tertiary/aromatic N) is 3. The van der Waals surface area contributed by atoms with Crippen molar-refractivity contribution in [2.45, 2.75) is 26.7 Å². The third-order valence-electron chi connectivity index (χ3n) is 5.62. The summed E-state index contributed by atoms with van der Waals surface area (Å²) in [5.74, 6) is 0.206. The smallest absolute Gasteiger partial charge is 0.101 e. The molecular formula is C26H22ClN3. The molecule has 4 rings (SSSR count). The predicted octanol–water partition coefficient (Wildman–Crippen LogP) is 6.83. The van der Waals surface area contributed by atoms with Crippen molar-refractivity contribution < 1.29 is 0 Å². The van der Waals surface area contributed by atoms with Crippen molar-refractivity contribution in [1.82, 2.24) is 9.78 Å². The monoisotopic (exact) mass is 411 g/mol. The summed E-state index contributed by atoms with van der Waals surface area (Å²) in [6, 6.07) is 26.7. The number of halogens is 1. The molecule has 0 aliphatic rings. The van der Waals surface area contributed by atoms with E-state index >= 15 is 0 Å². The molecule has 0 fully saturated rings. The van der Waals surface area contributed by atoms with E-state index in [-0.39, 0.29) is 5.92 Å². The lowest BCUT2D eigenvalue weighted by molar-refractivity contribution is 0.829. The minimum absolute atomic E-state index is 0.206. The Labute approximate surface area is 182 Å². The average Bonchev–Trinajstić information content (AvgIpc) is 3.07. The normalized spacial score (nSPS) is 11.8. The Morgan fingerprint density at radius 3 is 2.23 bits per heavy atom. The molecule has 0 saturated carbocycles. The molecule has 0 bridgehead atoms. The van der Waals surface area contributed by atoms with Gasteiger partial charge in [0.05, 0.1) is 22.0 Å². The highest BCUT2D eigenvalue weighted by molar-refractivity contribution is 6.31. The number of rotatable bonds is 4. The molecule has 3 aromatic carbocycles. The van der Waals surface area contributed by atoms with Gasteiger partial charge in [0.1, 0.15) is 6.07 Å². The standard InChI is InChI=1S/C26H22ClN3/c1-17(20-9-11-22(12-10-20)21-7-5-4-6-8-21)26-18(2)29-30(19(26)3)24-14-13-23(16-28)25(27)15-24/h4-15,17H,1-3H3. The van der Waals surface area contributed by atoms with E-state index in [4.69, 9.17) is 22.0 Å². The van der Waals surface area contributed by atoms with Crippen molar-refractivity contribution in [3.05, 3.63) is 106 Å². The lowest BCUT2D eigenvalue weighted by Gasteiger charge is -2.14. The van der Waals surface area contributed by atoms with Crippen molar-refractivity contribution in [1.29, 1.82) is 5.26 Å². The Kier molecular flexibility index (Phi) is 5.44. The molecule has 0 aliphatic heterocycles. The molecule has 4 heteroatoms. The summed E-state index contributed by atoms with van der Waals surface area (Å²) in [4.78, 5) is 0. The van der Waals surface area contributed by atoms with Crippen LogP contribution in [0.3, 0.4) is 0 Å². The Hall–Kier alpha value is -3.35. The third-order valence-corrected chi connectivity index (χ3v) is 5.93. The van der Waals surface area contributed by atoms with Crippen molar-refractivity contribution in [2.75, 3.05) is 0 Å². The predicted molar refractivity (Wildman–Crippen MR) is 122 cm³/mol. The first kappa shape index (κ1) is 19.9. The maximum Gasteiger partial charge on any atom is 0.101 e. The van der Waals surface area contributed by atoms with Crippen LogP contribution in [0.4, 0.5) is 0 Å². The number of aromatic nitrogens is 2. The van der Waals surface area contributed by atoms with Gasteiger partial charge in [0.2, 0.25) is 0 Å². The maximum atomic E-state index is 9.12.